The predicted molar refractivity (Wildman–Crippen MR) is 47.5 cm³/mol. The summed E-state index contributed by atoms with van der Waals surface area (Å²) in [5.74, 6) is -0.117. The minimum atomic E-state index is -4.19. The summed E-state index contributed by atoms with van der Waals surface area (Å²) < 4.78 is 36.7. The van der Waals surface area contributed by atoms with Gasteiger partial charge in [0, 0.05) is 19.2 Å². The third-order valence-corrected chi connectivity index (χ3v) is 1.90. The number of nitrogens with zero attached hydrogens (tertiary/aromatic N) is 2. The Hall–Kier alpha value is -1.33. The lowest BCUT2D eigenvalue weighted by molar-refractivity contribution is -0.137. The summed E-state index contributed by atoms with van der Waals surface area (Å²) in [6, 6.07) is 0. The fraction of sp³-hybridized carbons (Fsp3) is 0.556. The number of rotatable bonds is 4. The summed E-state index contributed by atoms with van der Waals surface area (Å²) in [7, 11) is 0. The van der Waals surface area contributed by atoms with Gasteiger partial charge in [0.05, 0.1) is 18.2 Å². The van der Waals surface area contributed by atoms with Gasteiger partial charge in [-0.05, 0) is 0 Å². The second-order valence-corrected chi connectivity index (χ2v) is 3.13. The Kier molecular flexibility index (Phi) is 3.49. The standard InChI is InChI=1S/C9H11F3N2O/c1-2-8(15)7-5-13-14(6-7)4-3-9(10,11)12/h5-6H,2-4H2,1H3. The topological polar surface area (TPSA) is 34.9 Å². The van der Waals surface area contributed by atoms with Crippen molar-refractivity contribution in [3.8, 4) is 0 Å². The van der Waals surface area contributed by atoms with E-state index in [-0.39, 0.29) is 12.3 Å². The van der Waals surface area contributed by atoms with Crippen LogP contribution in [0.25, 0.3) is 0 Å². The smallest absolute Gasteiger partial charge is 0.294 e. The first-order valence-corrected chi connectivity index (χ1v) is 4.55. The maximum absolute atomic E-state index is 11.9. The molecule has 0 saturated heterocycles. The van der Waals surface area contributed by atoms with Gasteiger partial charge in [-0.3, -0.25) is 9.48 Å². The van der Waals surface area contributed by atoms with E-state index in [1.54, 1.807) is 6.92 Å². The fourth-order valence-corrected chi connectivity index (χ4v) is 1.08. The maximum atomic E-state index is 11.9. The molecule has 15 heavy (non-hydrogen) atoms. The molecule has 84 valence electrons. The van der Waals surface area contributed by atoms with E-state index in [9.17, 15) is 18.0 Å². The quantitative estimate of drug-likeness (QED) is 0.730. The average Bonchev–Trinajstić information content (AvgIpc) is 2.61. The summed E-state index contributed by atoms with van der Waals surface area (Å²) in [6.07, 6.45) is -2.17. The van der Waals surface area contributed by atoms with Crippen LogP contribution in [0.15, 0.2) is 12.4 Å². The molecule has 3 nitrogen and oxygen atoms in total. The molecule has 0 amide bonds. The number of alkyl halides is 3. The Morgan fingerprint density at radius 2 is 2.20 bits per heavy atom. The van der Waals surface area contributed by atoms with E-state index >= 15 is 0 Å². The minimum Gasteiger partial charge on any atom is -0.294 e. The molecule has 0 fully saturated rings. The number of hydrogen-bond donors (Lipinski definition) is 0. The van der Waals surface area contributed by atoms with Crippen molar-refractivity contribution in [1.82, 2.24) is 9.78 Å². The molecular weight excluding hydrogens is 209 g/mol. The van der Waals surface area contributed by atoms with Crippen molar-refractivity contribution < 1.29 is 18.0 Å². The predicted octanol–water partition coefficient (Wildman–Crippen LogP) is 2.43. The lowest BCUT2D eigenvalue weighted by Crippen LogP contribution is -2.12. The van der Waals surface area contributed by atoms with E-state index in [2.05, 4.69) is 5.10 Å². The molecule has 0 saturated carbocycles. The lowest BCUT2D eigenvalue weighted by atomic mass is 10.2. The Morgan fingerprint density at radius 1 is 1.53 bits per heavy atom. The van der Waals surface area contributed by atoms with Gasteiger partial charge in [0.2, 0.25) is 0 Å². The summed E-state index contributed by atoms with van der Waals surface area (Å²) in [5, 5.41) is 3.68. The molecule has 0 radical (unpaired) electrons. The Morgan fingerprint density at radius 3 is 2.73 bits per heavy atom. The lowest BCUT2D eigenvalue weighted by Gasteiger charge is -2.05. The molecule has 1 rings (SSSR count). The monoisotopic (exact) mass is 220 g/mol. The molecule has 1 aromatic heterocycles. The normalized spacial score (nSPS) is 11.7. The van der Waals surface area contributed by atoms with Crippen LogP contribution in [-0.2, 0) is 6.54 Å². The number of aromatic nitrogens is 2. The molecule has 0 N–H and O–H groups in total. The highest BCUT2D eigenvalue weighted by molar-refractivity contribution is 5.95. The van der Waals surface area contributed by atoms with Gasteiger partial charge in [-0.15, -0.1) is 0 Å². The van der Waals surface area contributed by atoms with Gasteiger partial charge in [-0.1, -0.05) is 6.92 Å². The molecule has 1 heterocycles. The van der Waals surface area contributed by atoms with Crippen LogP contribution in [0, 0.1) is 0 Å². The van der Waals surface area contributed by atoms with Crippen LogP contribution in [0.1, 0.15) is 30.1 Å². The summed E-state index contributed by atoms with van der Waals surface area (Å²) in [5.41, 5.74) is 0.361. The van der Waals surface area contributed by atoms with Gasteiger partial charge >= 0.3 is 6.18 Å². The highest BCUT2D eigenvalue weighted by atomic mass is 19.4. The van der Waals surface area contributed by atoms with E-state index in [0.717, 1.165) is 4.68 Å². The number of hydrogen-bond acceptors (Lipinski definition) is 2. The Bertz CT molecular complexity index is 343. The van der Waals surface area contributed by atoms with Gasteiger partial charge in [-0.2, -0.15) is 18.3 Å². The van der Waals surface area contributed by atoms with Crippen molar-refractivity contribution in [1.29, 1.82) is 0 Å². The van der Waals surface area contributed by atoms with Crippen molar-refractivity contribution in [2.45, 2.75) is 32.5 Å². The first-order chi connectivity index (χ1) is 6.92. The van der Waals surface area contributed by atoms with Gasteiger partial charge < -0.3 is 0 Å². The molecule has 0 bridgehead atoms. The van der Waals surface area contributed by atoms with Gasteiger partial charge in [0.25, 0.3) is 0 Å². The Labute approximate surface area is 84.9 Å². The molecule has 6 heteroatoms. The number of carbonyl (C=O) groups is 1. The number of halogens is 3. The number of ketones is 1. The van der Waals surface area contributed by atoms with Crippen molar-refractivity contribution >= 4 is 5.78 Å². The van der Waals surface area contributed by atoms with Crippen molar-refractivity contribution in [3.05, 3.63) is 18.0 Å². The van der Waals surface area contributed by atoms with Crippen molar-refractivity contribution in [3.63, 3.8) is 0 Å². The van der Waals surface area contributed by atoms with Gasteiger partial charge in [0.1, 0.15) is 0 Å². The molecule has 0 aliphatic rings. The largest absolute Gasteiger partial charge is 0.390 e. The zero-order valence-electron chi connectivity index (χ0n) is 8.21. The zero-order chi connectivity index (χ0) is 11.5. The molecule has 0 aliphatic heterocycles. The molecule has 0 aliphatic carbocycles. The Balaban J connectivity index is 2.57. The SMILES string of the molecule is CCC(=O)c1cnn(CCC(F)(F)F)c1. The summed E-state index contributed by atoms with van der Waals surface area (Å²) >= 11 is 0. The fourth-order valence-electron chi connectivity index (χ4n) is 1.08. The third kappa shape index (κ3) is 3.73. The van der Waals surface area contributed by atoms with E-state index in [4.69, 9.17) is 0 Å². The first kappa shape index (κ1) is 11.7. The van der Waals surface area contributed by atoms with Crippen LogP contribution in [0.5, 0.6) is 0 Å². The maximum Gasteiger partial charge on any atom is 0.390 e. The van der Waals surface area contributed by atoms with Crippen LogP contribution in [0.4, 0.5) is 13.2 Å². The van der Waals surface area contributed by atoms with Crippen LogP contribution in [0.2, 0.25) is 0 Å². The van der Waals surface area contributed by atoms with E-state index in [0.29, 0.717) is 12.0 Å². The van der Waals surface area contributed by atoms with Gasteiger partial charge in [-0.25, -0.2) is 0 Å². The van der Waals surface area contributed by atoms with E-state index < -0.39 is 12.6 Å². The minimum absolute atomic E-state index is 0.117. The van der Waals surface area contributed by atoms with E-state index in [1.807, 2.05) is 0 Å². The molecular formula is C9H11F3N2O. The van der Waals surface area contributed by atoms with Crippen LogP contribution in [-0.4, -0.2) is 21.7 Å². The highest BCUT2D eigenvalue weighted by Gasteiger charge is 2.26. The van der Waals surface area contributed by atoms with Crippen molar-refractivity contribution in [2.24, 2.45) is 0 Å². The highest BCUT2D eigenvalue weighted by Crippen LogP contribution is 2.20. The number of aryl methyl sites for hydroxylation is 1. The van der Waals surface area contributed by atoms with Gasteiger partial charge in [0.15, 0.2) is 5.78 Å². The van der Waals surface area contributed by atoms with Crippen LogP contribution >= 0.6 is 0 Å². The van der Waals surface area contributed by atoms with E-state index in [1.165, 1.54) is 12.4 Å². The molecule has 1 aromatic rings. The molecule has 0 unspecified atom stereocenters. The second kappa shape index (κ2) is 4.46. The molecule has 0 spiro atoms. The van der Waals surface area contributed by atoms with Crippen LogP contribution in [0.3, 0.4) is 0 Å². The van der Waals surface area contributed by atoms with Crippen molar-refractivity contribution in [2.75, 3.05) is 0 Å². The second-order valence-electron chi connectivity index (χ2n) is 3.13. The first-order valence-electron chi connectivity index (χ1n) is 4.55. The zero-order valence-corrected chi connectivity index (χ0v) is 8.21. The van der Waals surface area contributed by atoms with Crippen LogP contribution < -0.4 is 0 Å². The average molecular weight is 220 g/mol. The number of Topliss-reactive ketones (excluding diaryl/α,β-unsaturated/α-hetero) is 1. The number of carbonyl (C=O) groups excluding carboxylic acids is 1. The summed E-state index contributed by atoms with van der Waals surface area (Å²) in [4.78, 5) is 11.2. The molecule has 0 aromatic carbocycles. The molecule has 0 atom stereocenters. The summed E-state index contributed by atoms with van der Waals surface area (Å²) in [6.45, 7) is 1.44. The third-order valence-electron chi connectivity index (χ3n) is 1.90.